The quantitative estimate of drug-likeness (QED) is 0.456. The van der Waals surface area contributed by atoms with E-state index in [-0.39, 0.29) is 11.3 Å². The van der Waals surface area contributed by atoms with Gasteiger partial charge in [-0.25, -0.2) is 0 Å². The molecule has 140 valence electrons. The van der Waals surface area contributed by atoms with Crippen molar-refractivity contribution in [2.75, 3.05) is 14.2 Å². The highest BCUT2D eigenvalue weighted by molar-refractivity contribution is 5.98. The van der Waals surface area contributed by atoms with E-state index in [9.17, 15) is 19.7 Å². The third kappa shape index (κ3) is 5.30. The molecule has 27 heavy (non-hydrogen) atoms. The molecule has 0 saturated carbocycles. The van der Waals surface area contributed by atoms with Crippen LogP contribution in [0.4, 0.5) is 5.69 Å². The first kappa shape index (κ1) is 19.4. The summed E-state index contributed by atoms with van der Waals surface area (Å²) in [6.07, 6.45) is 2.74. The number of hydrogen-bond acceptors (Lipinski definition) is 6. The fraction of sp³-hybridized carbons (Fsp3) is 0.111. The number of benzene rings is 2. The lowest BCUT2D eigenvalue weighted by Gasteiger charge is -2.07. The lowest BCUT2D eigenvalue weighted by molar-refractivity contribution is -0.384. The van der Waals surface area contributed by atoms with E-state index in [2.05, 4.69) is 10.9 Å². The van der Waals surface area contributed by atoms with Crippen molar-refractivity contribution in [1.29, 1.82) is 0 Å². The number of methoxy groups -OCH3 is 2. The van der Waals surface area contributed by atoms with Crippen LogP contribution in [0.25, 0.3) is 6.08 Å². The van der Waals surface area contributed by atoms with Gasteiger partial charge in [-0.3, -0.25) is 30.6 Å². The standard InChI is InChI=1S/C18H17N3O6/c1-26-15-9-5-12(16(11-15)27-2)6-10-17(22)19-20-18(23)13-3-7-14(8-4-13)21(24)25/h3-11H,1-2H3,(H,19,22)(H,20,23)/b10-6+. The fourth-order valence-corrected chi connectivity index (χ4v) is 2.09. The predicted molar refractivity (Wildman–Crippen MR) is 97.3 cm³/mol. The molecule has 2 aromatic carbocycles. The molecule has 0 aliphatic carbocycles. The molecule has 0 fully saturated rings. The molecule has 0 atom stereocenters. The maximum absolute atomic E-state index is 11.9. The second kappa shape index (κ2) is 8.99. The average molecular weight is 371 g/mol. The SMILES string of the molecule is COc1ccc(/C=C/C(=O)NNC(=O)c2ccc([N+](=O)[O-])cc2)c(OC)c1. The molecule has 0 spiro atoms. The number of rotatable bonds is 6. The highest BCUT2D eigenvalue weighted by atomic mass is 16.6. The molecule has 9 heteroatoms. The normalized spacial score (nSPS) is 10.3. The minimum atomic E-state index is -0.603. The van der Waals surface area contributed by atoms with Crippen molar-refractivity contribution >= 4 is 23.6 Å². The maximum Gasteiger partial charge on any atom is 0.269 e. The van der Waals surface area contributed by atoms with Crippen molar-refractivity contribution in [3.8, 4) is 11.5 Å². The number of non-ortho nitro benzene ring substituents is 1. The van der Waals surface area contributed by atoms with Crippen molar-refractivity contribution in [3.05, 3.63) is 69.8 Å². The summed E-state index contributed by atoms with van der Waals surface area (Å²) in [4.78, 5) is 33.8. The summed E-state index contributed by atoms with van der Waals surface area (Å²) < 4.78 is 10.3. The van der Waals surface area contributed by atoms with E-state index in [1.165, 1.54) is 50.6 Å². The second-order valence-corrected chi connectivity index (χ2v) is 5.19. The van der Waals surface area contributed by atoms with E-state index >= 15 is 0 Å². The van der Waals surface area contributed by atoms with Gasteiger partial charge in [-0.1, -0.05) is 0 Å². The Bertz CT molecular complexity index is 877. The van der Waals surface area contributed by atoms with Gasteiger partial charge in [0.15, 0.2) is 0 Å². The lowest BCUT2D eigenvalue weighted by atomic mass is 10.1. The summed E-state index contributed by atoms with van der Waals surface area (Å²) in [5.41, 5.74) is 5.13. The number of hydrazine groups is 1. The fourth-order valence-electron chi connectivity index (χ4n) is 2.09. The van der Waals surface area contributed by atoms with Gasteiger partial charge in [-0.2, -0.15) is 0 Å². The number of nitrogens with one attached hydrogen (secondary N) is 2. The van der Waals surface area contributed by atoms with Gasteiger partial charge in [0.2, 0.25) is 0 Å². The Morgan fingerprint density at radius 3 is 2.33 bits per heavy atom. The second-order valence-electron chi connectivity index (χ2n) is 5.19. The van der Waals surface area contributed by atoms with Gasteiger partial charge in [0.25, 0.3) is 17.5 Å². The maximum atomic E-state index is 11.9. The summed E-state index contributed by atoms with van der Waals surface area (Å²) in [5.74, 6) is -0.0334. The molecule has 2 amide bonds. The molecule has 0 aliphatic heterocycles. The van der Waals surface area contributed by atoms with E-state index in [0.717, 1.165) is 0 Å². The summed E-state index contributed by atoms with van der Waals surface area (Å²) in [6.45, 7) is 0. The van der Waals surface area contributed by atoms with Gasteiger partial charge in [0, 0.05) is 35.4 Å². The van der Waals surface area contributed by atoms with Gasteiger partial charge in [0.1, 0.15) is 11.5 Å². The molecular formula is C18H17N3O6. The number of ether oxygens (including phenoxy) is 2. The zero-order chi connectivity index (χ0) is 19.8. The molecule has 0 heterocycles. The summed E-state index contributed by atoms with van der Waals surface area (Å²) in [7, 11) is 3.03. The largest absolute Gasteiger partial charge is 0.497 e. The van der Waals surface area contributed by atoms with Crippen molar-refractivity contribution < 1.29 is 24.0 Å². The van der Waals surface area contributed by atoms with Crippen LogP contribution in [0.5, 0.6) is 11.5 Å². The average Bonchev–Trinajstić information content (AvgIpc) is 2.70. The van der Waals surface area contributed by atoms with Crippen molar-refractivity contribution in [2.24, 2.45) is 0 Å². The van der Waals surface area contributed by atoms with Gasteiger partial charge in [-0.15, -0.1) is 0 Å². The predicted octanol–water partition coefficient (Wildman–Crippen LogP) is 2.09. The molecular weight excluding hydrogens is 354 g/mol. The minimum absolute atomic E-state index is 0.132. The minimum Gasteiger partial charge on any atom is -0.497 e. The van der Waals surface area contributed by atoms with E-state index in [4.69, 9.17) is 9.47 Å². The number of carbonyl (C=O) groups excluding carboxylic acids is 2. The monoisotopic (exact) mass is 371 g/mol. The summed E-state index contributed by atoms with van der Waals surface area (Å²) in [5, 5.41) is 10.6. The molecule has 0 saturated heterocycles. The number of amides is 2. The number of hydrogen-bond donors (Lipinski definition) is 2. The van der Waals surface area contributed by atoms with Crippen LogP contribution in [-0.2, 0) is 4.79 Å². The van der Waals surface area contributed by atoms with Gasteiger partial charge < -0.3 is 9.47 Å². The zero-order valence-electron chi connectivity index (χ0n) is 14.6. The molecule has 0 aliphatic rings. The van der Waals surface area contributed by atoms with E-state index < -0.39 is 16.7 Å². The molecule has 2 rings (SSSR count). The van der Waals surface area contributed by atoms with Crippen molar-refractivity contribution in [2.45, 2.75) is 0 Å². The van der Waals surface area contributed by atoms with Crippen LogP contribution in [0.1, 0.15) is 15.9 Å². The number of nitrogens with zero attached hydrogens (tertiary/aromatic N) is 1. The van der Waals surface area contributed by atoms with Crippen LogP contribution in [0, 0.1) is 10.1 Å². The number of nitro groups is 1. The van der Waals surface area contributed by atoms with Crippen LogP contribution in [0.3, 0.4) is 0 Å². The molecule has 2 aromatic rings. The van der Waals surface area contributed by atoms with Gasteiger partial charge >= 0.3 is 0 Å². The molecule has 2 N–H and O–H groups in total. The van der Waals surface area contributed by atoms with Crippen LogP contribution in [0.2, 0.25) is 0 Å². The van der Waals surface area contributed by atoms with Crippen LogP contribution in [0.15, 0.2) is 48.5 Å². The Morgan fingerprint density at radius 2 is 1.74 bits per heavy atom. The summed E-state index contributed by atoms with van der Waals surface area (Å²) >= 11 is 0. The van der Waals surface area contributed by atoms with Crippen molar-refractivity contribution in [3.63, 3.8) is 0 Å². The lowest BCUT2D eigenvalue weighted by Crippen LogP contribution is -2.40. The Hall–Kier alpha value is -3.88. The van der Waals surface area contributed by atoms with E-state index in [1.54, 1.807) is 18.2 Å². The number of carbonyl (C=O) groups is 2. The van der Waals surface area contributed by atoms with E-state index in [1.807, 2.05) is 0 Å². The first-order chi connectivity index (χ1) is 12.9. The molecule has 9 nitrogen and oxygen atoms in total. The van der Waals surface area contributed by atoms with Crippen LogP contribution in [-0.4, -0.2) is 31.0 Å². The Labute approximate surface area is 154 Å². The molecule has 0 aromatic heterocycles. The Morgan fingerprint density at radius 1 is 1.04 bits per heavy atom. The van der Waals surface area contributed by atoms with Gasteiger partial charge in [0.05, 0.1) is 19.1 Å². The third-order valence-corrected chi connectivity index (χ3v) is 3.49. The number of nitro benzene ring substituents is 1. The Kier molecular flexibility index (Phi) is 6.48. The third-order valence-electron chi connectivity index (χ3n) is 3.49. The first-order valence-corrected chi connectivity index (χ1v) is 7.69. The molecule has 0 bridgehead atoms. The Balaban J connectivity index is 1.94. The first-order valence-electron chi connectivity index (χ1n) is 7.69. The highest BCUT2D eigenvalue weighted by Gasteiger charge is 2.10. The zero-order valence-corrected chi connectivity index (χ0v) is 14.6. The topological polar surface area (TPSA) is 120 Å². The van der Waals surface area contributed by atoms with Crippen LogP contribution < -0.4 is 20.3 Å². The summed E-state index contributed by atoms with van der Waals surface area (Å²) in [6, 6.07) is 10.1. The van der Waals surface area contributed by atoms with Crippen LogP contribution >= 0.6 is 0 Å². The molecule has 0 unspecified atom stereocenters. The van der Waals surface area contributed by atoms with E-state index in [0.29, 0.717) is 17.1 Å². The smallest absolute Gasteiger partial charge is 0.269 e. The highest BCUT2D eigenvalue weighted by Crippen LogP contribution is 2.25. The van der Waals surface area contributed by atoms with Crippen molar-refractivity contribution in [1.82, 2.24) is 10.9 Å². The van der Waals surface area contributed by atoms with Gasteiger partial charge in [-0.05, 0) is 30.3 Å². The molecule has 0 radical (unpaired) electrons.